The molecule has 0 heterocycles. The molecular weight excluding hydrogens is 424 g/mol. The van der Waals surface area contributed by atoms with Crippen molar-refractivity contribution in [2.24, 2.45) is 0 Å². The summed E-state index contributed by atoms with van der Waals surface area (Å²) in [6, 6.07) is 25.0. The fourth-order valence-corrected chi connectivity index (χ4v) is 3.15. The van der Waals surface area contributed by atoms with Gasteiger partial charge in [-0.1, -0.05) is 111 Å². The van der Waals surface area contributed by atoms with Crippen LogP contribution in [-0.2, 0) is 0 Å². The lowest BCUT2D eigenvalue weighted by Gasteiger charge is -1.99. The molecule has 0 spiro atoms. The van der Waals surface area contributed by atoms with Gasteiger partial charge in [0.1, 0.15) is 0 Å². The van der Waals surface area contributed by atoms with Crippen LogP contribution in [0.3, 0.4) is 0 Å². The molecule has 3 aromatic rings. The van der Waals surface area contributed by atoms with Crippen molar-refractivity contribution in [3.8, 4) is 0 Å². The fourth-order valence-electron chi connectivity index (χ4n) is 2.32. The van der Waals surface area contributed by atoms with E-state index < -0.39 is 0 Å². The molecule has 0 saturated heterocycles. The first-order valence-corrected chi connectivity index (χ1v) is 9.26. The molecular formula is C22H16Br2. The maximum atomic E-state index is 3.57. The molecule has 3 rings (SSSR count). The van der Waals surface area contributed by atoms with Gasteiger partial charge in [-0.2, -0.15) is 0 Å². The zero-order valence-electron chi connectivity index (χ0n) is 13.0. The van der Waals surface area contributed by atoms with Gasteiger partial charge >= 0.3 is 0 Å². The van der Waals surface area contributed by atoms with Crippen molar-refractivity contribution in [3.63, 3.8) is 0 Å². The summed E-state index contributed by atoms with van der Waals surface area (Å²) < 4.78 is 2.20. The number of hydrogen-bond donors (Lipinski definition) is 0. The van der Waals surface area contributed by atoms with E-state index in [1.165, 1.54) is 22.3 Å². The number of hydrogen-bond acceptors (Lipinski definition) is 0. The summed E-state index contributed by atoms with van der Waals surface area (Å²) >= 11 is 7.06. The highest BCUT2D eigenvalue weighted by molar-refractivity contribution is 9.10. The monoisotopic (exact) mass is 438 g/mol. The second-order valence-corrected chi connectivity index (χ2v) is 7.18. The highest BCUT2D eigenvalue weighted by Gasteiger charge is 1.94. The fraction of sp³-hybridized carbons (Fsp3) is 0. The van der Waals surface area contributed by atoms with Gasteiger partial charge in [-0.3, -0.25) is 0 Å². The van der Waals surface area contributed by atoms with E-state index >= 15 is 0 Å². The van der Waals surface area contributed by atoms with Crippen LogP contribution in [0.5, 0.6) is 0 Å². The molecule has 24 heavy (non-hydrogen) atoms. The minimum Gasteiger partial charge on any atom is -0.0616 e. The van der Waals surface area contributed by atoms with E-state index in [-0.39, 0.29) is 0 Å². The Hall–Kier alpha value is -1.90. The van der Waals surface area contributed by atoms with Crippen molar-refractivity contribution < 1.29 is 0 Å². The summed E-state index contributed by atoms with van der Waals surface area (Å²) in [7, 11) is 0. The van der Waals surface area contributed by atoms with E-state index in [0.717, 1.165) is 8.95 Å². The van der Waals surface area contributed by atoms with Crippen LogP contribution >= 0.6 is 31.9 Å². The van der Waals surface area contributed by atoms with Crippen molar-refractivity contribution in [2.45, 2.75) is 0 Å². The van der Waals surface area contributed by atoms with Gasteiger partial charge in [-0.25, -0.2) is 0 Å². The van der Waals surface area contributed by atoms with Gasteiger partial charge in [0.25, 0.3) is 0 Å². The van der Waals surface area contributed by atoms with Crippen molar-refractivity contribution in [3.05, 3.63) is 104 Å². The molecule has 0 unspecified atom stereocenters. The molecule has 0 N–H and O–H groups in total. The predicted octanol–water partition coefficient (Wildman–Crippen LogP) is 7.55. The lowest BCUT2D eigenvalue weighted by molar-refractivity contribution is 1.59. The first-order chi connectivity index (χ1) is 11.7. The van der Waals surface area contributed by atoms with E-state index in [1.807, 2.05) is 24.3 Å². The second kappa shape index (κ2) is 8.27. The van der Waals surface area contributed by atoms with Crippen molar-refractivity contribution in [1.82, 2.24) is 0 Å². The molecule has 0 radical (unpaired) electrons. The smallest absolute Gasteiger partial charge is 0.0247 e. The molecule has 0 aliphatic rings. The van der Waals surface area contributed by atoms with Crippen LogP contribution in [0.2, 0.25) is 0 Å². The molecule has 0 nitrogen and oxygen atoms in total. The third-order valence-electron chi connectivity index (χ3n) is 3.61. The van der Waals surface area contributed by atoms with Crippen LogP contribution in [0.4, 0.5) is 0 Å². The summed E-state index contributed by atoms with van der Waals surface area (Å²) in [6.07, 6.45) is 8.50. The van der Waals surface area contributed by atoms with Gasteiger partial charge < -0.3 is 0 Å². The molecule has 118 valence electrons. The van der Waals surface area contributed by atoms with Gasteiger partial charge in [0, 0.05) is 8.95 Å². The number of rotatable bonds is 4. The van der Waals surface area contributed by atoms with Crippen molar-refractivity contribution >= 4 is 56.2 Å². The van der Waals surface area contributed by atoms with Crippen LogP contribution in [0.25, 0.3) is 24.3 Å². The Morgan fingerprint density at radius 3 is 1.83 bits per heavy atom. The molecule has 0 amide bonds. The number of halogens is 2. The molecule has 0 aliphatic heterocycles. The SMILES string of the molecule is Brc1cccc(/C=C/c2ccc(/C=C/c3ccccc3Br)cc2)c1. The third kappa shape index (κ3) is 4.80. The zero-order valence-corrected chi connectivity index (χ0v) is 16.2. The molecule has 0 fully saturated rings. The Labute approximate surface area is 159 Å². The van der Waals surface area contributed by atoms with E-state index in [1.54, 1.807) is 0 Å². The van der Waals surface area contributed by atoms with E-state index in [4.69, 9.17) is 0 Å². The van der Waals surface area contributed by atoms with Crippen LogP contribution < -0.4 is 0 Å². The lowest BCUT2D eigenvalue weighted by Crippen LogP contribution is -1.77. The summed E-state index contributed by atoms with van der Waals surface area (Å²) in [5, 5.41) is 0. The van der Waals surface area contributed by atoms with Gasteiger partial charge in [0.15, 0.2) is 0 Å². The van der Waals surface area contributed by atoms with Crippen LogP contribution in [-0.4, -0.2) is 0 Å². The van der Waals surface area contributed by atoms with Crippen molar-refractivity contribution in [2.75, 3.05) is 0 Å². The van der Waals surface area contributed by atoms with Gasteiger partial charge in [-0.15, -0.1) is 0 Å². The molecule has 0 saturated carbocycles. The maximum Gasteiger partial charge on any atom is 0.0247 e. The maximum absolute atomic E-state index is 3.57. The zero-order chi connectivity index (χ0) is 16.8. The first-order valence-electron chi connectivity index (χ1n) is 7.67. The predicted molar refractivity (Wildman–Crippen MR) is 113 cm³/mol. The molecule has 0 aromatic heterocycles. The van der Waals surface area contributed by atoms with E-state index in [9.17, 15) is 0 Å². The Balaban J connectivity index is 1.70. The minimum absolute atomic E-state index is 1.09. The summed E-state index contributed by atoms with van der Waals surface area (Å²) in [5.41, 5.74) is 4.73. The molecule has 2 heteroatoms. The van der Waals surface area contributed by atoms with Crippen LogP contribution in [0.1, 0.15) is 22.3 Å². The second-order valence-electron chi connectivity index (χ2n) is 5.41. The largest absolute Gasteiger partial charge is 0.0616 e. The Morgan fingerprint density at radius 1 is 0.542 bits per heavy atom. The van der Waals surface area contributed by atoms with Crippen LogP contribution in [0, 0.1) is 0 Å². The molecule has 0 atom stereocenters. The van der Waals surface area contributed by atoms with Crippen molar-refractivity contribution in [1.29, 1.82) is 0 Å². The molecule has 3 aromatic carbocycles. The van der Waals surface area contributed by atoms with E-state index in [0.29, 0.717) is 0 Å². The Morgan fingerprint density at radius 2 is 1.17 bits per heavy atom. The molecule has 0 aliphatic carbocycles. The summed E-state index contributed by atoms with van der Waals surface area (Å²) in [5.74, 6) is 0. The van der Waals surface area contributed by atoms with Gasteiger partial charge in [0.05, 0.1) is 0 Å². The highest BCUT2D eigenvalue weighted by Crippen LogP contribution is 2.19. The average molecular weight is 440 g/mol. The summed E-state index contributed by atoms with van der Waals surface area (Å²) in [4.78, 5) is 0. The summed E-state index contributed by atoms with van der Waals surface area (Å²) in [6.45, 7) is 0. The Bertz CT molecular complexity index is 874. The Kier molecular flexibility index (Phi) is 5.84. The first kappa shape index (κ1) is 16.9. The normalized spacial score (nSPS) is 11.4. The minimum atomic E-state index is 1.09. The molecule has 0 bridgehead atoms. The van der Waals surface area contributed by atoms with Gasteiger partial charge in [0.2, 0.25) is 0 Å². The van der Waals surface area contributed by atoms with E-state index in [2.05, 4.69) is 105 Å². The average Bonchev–Trinajstić information content (AvgIpc) is 2.60. The van der Waals surface area contributed by atoms with Gasteiger partial charge in [-0.05, 0) is 40.5 Å². The topological polar surface area (TPSA) is 0 Å². The highest BCUT2D eigenvalue weighted by atomic mass is 79.9. The lowest BCUT2D eigenvalue weighted by atomic mass is 10.1. The van der Waals surface area contributed by atoms with Crippen LogP contribution in [0.15, 0.2) is 81.7 Å². The standard InChI is InChI=1S/C22H16Br2/c23-21-6-3-4-19(16-21)13-12-17-8-10-18(11-9-17)14-15-20-5-1-2-7-22(20)24/h1-16H/b13-12+,15-14+. The quantitative estimate of drug-likeness (QED) is 0.368. The number of benzene rings is 3. The third-order valence-corrected chi connectivity index (χ3v) is 4.83.